The minimum absolute atomic E-state index is 0.0494. The van der Waals surface area contributed by atoms with Gasteiger partial charge in [0.25, 0.3) is 5.69 Å². The van der Waals surface area contributed by atoms with Crippen LogP contribution in [-0.2, 0) is 11.2 Å². The molecule has 0 saturated heterocycles. The Bertz CT molecular complexity index is 409. The van der Waals surface area contributed by atoms with E-state index in [-0.39, 0.29) is 17.4 Å². The minimum Gasteiger partial charge on any atom is -0.299 e. The molecule has 4 nitrogen and oxygen atoms in total. The number of hydrogen-bond donors (Lipinski definition) is 0. The van der Waals surface area contributed by atoms with Gasteiger partial charge in [-0.05, 0) is 18.9 Å². The van der Waals surface area contributed by atoms with E-state index in [0.717, 1.165) is 5.56 Å². The fourth-order valence-corrected chi connectivity index (χ4v) is 1.40. The summed E-state index contributed by atoms with van der Waals surface area (Å²) in [7, 11) is 0. The van der Waals surface area contributed by atoms with Gasteiger partial charge >= 0.3 is 0 Å². The van der Waals surface area contributed by atoms with Crippen LogP contribution in [0.5, 0.6) is 0 Å². The van der Waals surface area contributed by atoms with E-state index in [9.17, 15) is 14.9 Å². The first-order chi connectivity index (χ1) is 7.54. The summed E-state index contributed by atoms with van der Waals surface area (Å²) in [6.45, 7) is 5.11. The Morgan fingerprint density at radius 3 is 2.44 bits per heavy atom. The number of carbonyl (C=O) groups is 1. The summed E-state index contributed by atoms with van der Waals surface area (Å²) in [6, 6.07) is 6.21. The first-order valence-corrected chi connectivity index (χ1v) is 4.91. The molecule has 0 aliphatic heterocycles. The number of nitro groups is 1. The number of Topliss-reactive ketones (excluding diaryl/α,β-unsaturated/α-hetero) is 1. The Balaban J connectivity index is 2.78. The highest BCUT2D eigenvalue weighted by Crippen LogP contribution is 2.15. The van der Waals surface area contributed by atoms with Gasteiger partial charge in [-0.2, -0.15) is 0 Å². The Hall–Kier alpha value is -1.97. The van der Waals surface area contributed by atoms with Gasteiger partial charge in [0.05, 0.1) is 4.92 Å². The third-order valence-electron chi connectivity index (χ3n) is 2.41. The molecule has 16 heavy (non-hydrogen) atoms. The van der Waals surface area contributed by atoms with Crippen molar-refractivity contribution >= 4 is 11.5 Å². The predicted molar refractivity (Wildman–Crippen MR) is 61.2 cm³/mol. The molecule has 0 fully saturated rings. The highest BCUT2D eigenvalue weighted by Gasteiger charge is 2.11. The van der Waals surface area contributed by atoms with Crippen LogP contribution >= 0.6 is 0 Å². The fourth-order valence-electron chi connectivity index (χ4n) is 1.40. The molecule has 0 heterocycles. The van der Waals surface area contributed by atoms with Crippen LogP contribution in [-0.4, -0.2) is 10.7 Å². The lowest BCUT2D eigenvalue weighted by Crippen LogP contribution is -2.10. The summed E-state index contributed by atoms with van der Waals surface area (Å²) in [5, 5.41) is 10.4. The van der Waals surface area contributed by atoms with Gasteiger partial charge < -0.3 is 0 Å². The van der Waals surface area contributed by atoms with Crippen molar-refractivity contribution in [1.29, 1.82) is 0 Å². The second-order valence-electron chi connectivity index (χ2n) is 3.58. The van der Waals surface area contributed by atoms with Gasteiger partial charge in [0.15, 0.2) is 0 Å². The first-order valence-electron chi connectivity index (χ1n) is 4.91. The molecule has 84 valence electrons. The molecule has 4 heteroatoms. The minimum atomic E-state index is -0.445. The molecule has 0 aromatic heterocycles. The molecular formula is C12H13NO3. The molecule has 1 unspecified atom stereocenters. The molecule has 0 bridgehead atoms. The molecule has 1 aromatic carbocycles. The number of allylic oxidation sites excluding steroid dienone is 1. The average Bonchev–Trinajstić information content (AvgIpc) is 2.26. The molecule has 0 N–H and O–H groups in total. The van der Waals surface area contributed by atoms with Crippen LogP contribution in [0, 0.1) is 16.0 Å². The molecule has 0 aliphatic carbocycles. The standard InChI is InChI=1S/C12H13NO3/c1-3-11(9(2)14)8-10-4-6-12(7-5-10)13(15)16/h3-7,11H,1,8H2,2H3. The summed E-state index contributed by atoms with van der Waals surface area (Å²) in [6.07, 6.45) is 2.14. The quantitative estimate of drug-likeness (QED) is 0.434. The topological polar surface area (TPSA) is 60.2 Å². The van der Waals surface area contributed by atoms with E-state index >= 15 is 0 Å². The van der Waals surface area contributed by atoms with Crippen LogP contribution < -0.4 is 0 Å². The van der Waals surface area contributed by atoms with Crippen LogP contribution in [0.1, 0.15) is 12.5 Å². The number of nitro benzene ring substituents is 1. The summed E-state index contributed by atoms with van der Waals surface area (Å²) in [4.78, 5) is 21.2. The maximum Gasteiger partial charge on any atom is 0.269 e. The monoisotopic (exact) mass is 219 g/mol. The highest BCUT2D eigenvalue weighted by molar-refractivity contribution is 5.80. The number of non-ortho nitro benzene ring substituents is 1. The molecule has 1 rings (SSSR count). The van der Waals surface area contributed by atoms with Crippen molar-refractivity contribution in [2.45, 2.75) is 13.3 Å². The molecule has 1 aromatic rings. The maximum absolute atomic E-state index is 11.2. The van der Waals surface area contributed by atoms with Gasteiger partial charge in [-0.1, -0.05) is 18.2 Å². The number of ketones is 1. The van der Waals surface area contributed by atoms with E-state index in [4.69, 9.17) is 0 Å². The van der Waals surface area contributed by atoms with Crippen LogP contribution in [0.3, 0.4) is 0 Å². The lowest BCUT2D eigenvalue weighted by atomic mass is 9.96. The predicted octanol–water partition coefficient (Wildman–Crippen LogP) is 2.53. The number of carbonyl (C=O) groups excluding carboxylic acids is 1. The molecule has 0 aliphatic rings. The zero-order valence-electron chi connectivity index (χ0n) is 9.05. The number of rotatable bonds is 5. The van der Waals surface area contributed by atoms with E-state index in [0.29, 0.717) is 6.42 Å². The third kappa shape index (κ3) is 3.02. The Labute approximate surface area is 93.7 Å². The second kappa shape index (κ2) is 5.21. The van der Waals surface area contributed by atoms with Gasteiger partial charge in [-0.3, -0.25) is 14.9 Å². The summed E-state index contributed by atoms with van der Waals surface area (Å²) < 4.78 is 0. The molecule has 0 amide bonds. The zero-order valence-corrected chi connectivity index (χ0v) is 9.05. The fraction of sp³-hybridized carbons (Fsp3) is 0.250. The Kier molecular flexibility index (Phi) is 3.94. The summed E-state index contributed by atoms with van der Waals surface area (Å²) in [5.41, 5.74) is 0.951. The normalized spacial score (nSPS) is 11.8. The van der Waals surface area contributed by atoms with E-state index in [2.05, 4.69) is 6.58 Å². The SMILES string of the molecule is C=CC(Cc1ccc([N+](=O)[O-])cc1)C(C)=O. The van der Waals surface area contributed by atoms with Crippen molar-refractivity contribution in [3.63, 3.8) is 0 Å². The van der Waals surface area contributed by atoms with Gasteiger partial charge in [0.1, 0.15) is 5.78 Å². The lowest BCUT2D eigenvalue weighted by molar-refractivity contribution is -0.384. The van der Waals surface area contributed by atoms with Crippen LogP contribution in [0.2, 0.25) is 0 Å². The second-order valence-corrected chi connectivity index (χ2v) is 3.58. The number of hydrogen-bond acceptors (Lipinski definition) is 3. The first kappa shape index (κ1) is 12.1. The number of nitrogens with zero attached hydrogens (tertiary/aromatic N) is 1. The molecule has 0 spiro atoms. The largest absolute Gasteiger partial charge is 0.299 e. The van der Waals surface area contributed by atoms with Crippen LogP contribution in [0.25, 0.3) is 0 Å². The van der Waals surface area contributed by atoms with Crippen molar-refractivity contribution in [3.8, 4) is 0 Å². The highest BCUT2D eigenvalue weighted by atomic mass is 16.6. The smallest absolute Gasteiger partial charge is 0.269 e. The Morgan fingerprint density at radius 1 is 1.50 bits per heavy atom. The summed E-state index contributed by atoms with van der Waals surface area (Å²) in [5.74, 6) is -0.171. The van der Waals surface area contributed by atoms with Crippen molar-refractivity contribution in [2.75, 3.05) is 0 Å². The third-order valence-corrected chi connectivity index (χ3v) is 2.41. The summed E-state index contributed by atoms with van der Waals surface area (Å²) >= 11 is 0. The van der Waals surface area contributed by atoms with Crippen LogP contribution in [0.15, 0.2) is 36.9 Å². The van der Waals surface area contributed by atoms with Crippen molar-refractivity contribution < 1.29 is 9.72 Å². The van der Waals surface area contributed by atoms with E-state index in [1.165, 1.54) is 19.1 Å². The number of benzene rings is 1. The molecule has 1 atom stereocenters. The van der Waals surface area contributed by atoms with Gasteiger partial charge in [0, 0.05) is 18.1 Å². The average molecular weight is 219 g/mol. The van der Waals surface area contributed by atoms with Crippen molar-refractivity contribution in [2.24, 2.45) is 5.92 Å². The zero-order chi connectivity index (χ0) is 12.1. The Morgan fingerprint density at radius 2 is 2.06 bits per heavy atom. The molecule has 0 saturated carbocycles. The van der Waals surface area contributed by atoms with Gasteiger partial charge in [-0.25, -0.2) is 0 Å². The van der Waals surface area contributed by atoms with E-state index in [1.54, 1.807) is 18.2 Å². The lowest BCUT2D eigenvalue weighted by Gasteiger charge is -2.07. The van der Waals surface area contributed by atoms with Gasteiger partial charge in [-0.15, -0.1) is 6.58 Å². The maximum atomic E-state index is 11.2. The molecule has 0 radical (unpaired) electrons. The van der Waals surface area contributed by atoms with E-state index in [1.807, 2.05) is 0 Å². The van der Waals surface area contributed by atoms with E-state index < -0.39 is 4.92 Å². The van der Waals surface area contributed by atoms with Gasteiger partial charge in [0.2, 0.25) is 0 Å². The molecular weight excluding hydrogens is 206 g/mol. The van der Waals surface area contributed by atoms with Crippen LogP contribution in [0.4, 0.5) is 5.69 Å². The van der Waals surface area contributed by atoms with Crippen molar-refractivity contribution in [3.05, 3.63) is 52.6 Å². The van der Waals surface area contributed by atoms with Crippen molar-refractivity contribution in [1.82, 2.24) is 0 Å².